The Morgan fingerprint density at radius 1 is 0.895 bits per heavy atom. The largest absolute Gasteiger partial charge is 0.369 e. The van der Waals surface area contributed by atoms with Crippen molar-refractivity contribution in [2.45, 2.75) is 6.54 Å². The maximum atomic E-state index is 2.54. The van der Waals surface area contributed by atoms with Gasteiger partial charge in [0.25, 0.3) is 0 Å². The highest BCUT2D eigenvalue weighted by Gasteiger charge is 2.17. The maximum absolute atomic E-state index is 2.54. The van der Waals surface area contributed by atoms with Gasteiger partial charge in [-0.05, 0) is 24.3 Å². The van der Waals surface area contributed by atoms with Crippen molar-refractivity contribution in [3.63, 3.8) is 0 Å². The van der Waals surface area contributed by atoms with Crippen LogP contribution in [0.25, 0.3) is 0 Å². The zero-order valence-corrected chi connectivity index (χ0v) is 11.5. The van der Waals surface area contributed by atoms with E-state index in [4.69, 9.17) is 0 Å². The minimum atomic E-state index is 1.06. The SMILES string of the molecule is Cn1cccc1CN1CCN(c2ccccc2)CC1. The normalized spacial score (nSPS) is 16.8. The number of piperazine rings is 1. The second kappa shape index (κ2) is 5.49. The topological polar surface area (TPSA) is 11.4 Å². The minimum Gasteiger partial charge on any atom is -0.369 e. The lowest BCUT2D eigenvalue weighted by molar-refractivity contribution is 0.245. The summed E-state index contributed by atoms with van der Waals surface area (Å²) in [4.78, 5) is 5.01. The zero-order valence-electron chi connectivity index (χ0n) is 11.5. The molecule has 0 unspecified atom stereocenters. The molecule has 1 aromatic carbocycles. The molecule has 2 heterocycles. The Morgan fingerprint density at radius 2 is 1.63 bits per heavy atom. The van der Waals surface area contributed by atoms with E-state index in [2.05, 4.69) is 70.1 Å². The van der Waals surface area contributed by atoms with E-state index in [-0.39, 0.29) is 0 Å². The quantitative estimate of drug-likeness (QED) is 0.834. The van der Waals surface area contributed by atoms with Gasteiger partial charge in [-0.2, -0.15) is 0 Å². The summed E-state index contributed by atoms with van der Waals surface area (Å²) < 4.78 is 2.21. The smallest absolute Gasteiger partial charge is 0.0388 e. The van der Waals surface area contributed by atoms with Crippen LogP contribution in [0, 0.1) is 0 Å². The van der Waals surface area contributed by atoms with Gasteiger partial charge in [0.15, 0.2) is 0 Å². The van der Waals surface area contributed by atoms with E-state index in [1.165, 1.54) is 11.4 Å². The number of anilines is 1. The summed E-state index contributed by atoms with van der Waals surface area (Å²) in [6.45, 7) is 5.58. The van der Waals surface area contributed by atoms with Gasteiger partial charge in [-0.25, -0.2) is 0 Å². The Morgan fingerprint density at radius 3 is 2.26 bits per heavy atom. The summed E-state index contributed by atoms with van der Waals surface area (Å²) >= 11 is 0. The Hall–Kier alpha value is -1.74. The van der Waals surface area contributed by atoms with E-state index < -0.39 is 0 Å². The predicted molar refractivity (Wildman–Crippen MR) is 79.3 cm³/mol. The molecule has 100 valence electrons. The minimum absolute atomic E-state index is 1.06. The molecule has 3 heteroatoms. The molecule has 19 heavy (non-hydrogen) atoms. The molecule has 0 N–H and O–H groups in total. The second-order valence-electron chi connectivity index (χ2n) is 5.21. The van der Waals surface area contributed by atoms with Crippen molar-refractivity contribution in [3.05, 3.63) is 54.4 Å². The van der Waals surface area contributed by atoms with Crippen LogP contribution in [0.2, 0.25) is 0 Å². The summed E-state index contributed by atoms with van der Waals surface area (Å²) in [7, 11) is 2.12. The highest BCUT2D eigenvalue weighted by Crippen LogP contribution is 2.16. The van der Waals surface area contributed by atoms with Crippen molar-refractivity contribution in [1.82, 2.24) is 9.47 Å². The Balaban J connectivity index is 1.57. The van der Waals surface area contributed by atoms with Crippen LogP contribution in [-0.4, -0.2) is 35.6 Å². The van der Waals surface area contributed by atoms with Crippen LogP contribution in [0.1, 0.15) is 5.69 Å². The number of nitrogens with zero attached hydrogens (tertiary/aromatic N) is 3. The van der Waals surface area contributed by atoms with E-state index in [0.29, 0.717) is 0 Å². The van der Waals surface area contributed by atoms with Gasteiger partial charge in [0.1, 0.15) is 0 Å². The Bertz CT molecular complexity index is 510. The molecule has 1 saturated heterocycles. The third-order valence-corrected chi connectivity index (χ3v) is 3.93. The molecule has 0 saturated carbocycles. The lowest BCUT2D eigenvalue weighted by atomic mass is 10.2. The molecule has 1 aliphatic heterocycles. The monoisotopic (exact) mass is 255 g/mol. The molecule has 1 aromatic heterocycles. The van der Waals surface area contributed by atoms with Gasteiger partial charge in [-0.1, -0.05) is 18.2 Å². The molecule has 3 rings (SSSR count). The number of hydrogen-bond acceptors (Lipinski definition) is 2. The molecule has 3 nitrogen and oxygen atoms in total. The number of aryl methyl sites for hydroxylation is 1. The number of hydrogen-bond donors (Lipinski definition) is 0. The van der Waals surface area contributed by atoms with Crippen molar-refractivity contribution in [2.75, 3.05) is 31.1 Å². The number of benzene rings is 1. The van der Waals surface area contributed by atoms with Gasteiger partial charge in [-0.3, -0.25) is 4.90 Å². The maximum Gasteiger partial charge on any atom is 0.0388 e. The summed E-state index contributed by atoms with van der Waals surface area (Å²) in [5, 5.41) is 0. The van der Waals surface area contributed by atoms with Crippen LogP contribution in [0.3, 0.4) is 0 Å². The highest BCUT2D eigenvalue weighted by molar-refractivity contribution is 5.46. The second-order valence-corrected chi connectivity index (χ2v) is 5.21. The molecule has 1 aliphatic rings. The van der Waals surface area contributed by atoms with E-state index in [9.17, 15) is 0 Å². The fourth-order valence-corrected chi connectivity index (χ4v) is 2.69. The van der Waals surface area contributed by atoms with Crippen molar-refractivity contribution < 1.29 is 0 Å². The zero-order chi connectivity index (χ0) is 13.1. The van der Waals surface area contributed by atoms with Crippen LogP contribution < -0.4 is 4.90 Å². The predicted octanol–water partition coefficient (Wildman–Crippen LogP) is 2.35. The average molecular weight is 255 g/mol. The molecule has 1 fully saturated rings. The van der Waals surface area contributed by atoms with Crippen LogP contribution in [-0.2, 0) is 13.6 Å². The van der Waals surface area contributed by atoms with E-state index >= 15 is 0 Å². The molecule has 0 aliphatic carbocycles. The summed E-state index contributed by atoms with van der Waals surface area (Å²) in [5.74, 6) is 0. The van der Waals surface area contributed by atoms with Crippen LogP contribution >= 0.6 is 0 Å². The fourth-order valence-electron chi connectivity index (χ4n) is 2.69. The van der Waals surface area contributed by atoms with Crippen molar-refractivity contribution in [2.24, 2.45) is 7.05 Å². The van der Waals surface area contributed by atoms with Crippen molar-refractivity contribution in [3.8, 4) is 0 Å². The van der Waals surface area contributed by atoms with E-state index in [0.717, 1.165) is 32.7 Å². The first-order valence-corrected chi connectivity index (χ1v) is 6.95. The number of para-hydroxylation sites is 1. The molecule has 0 radical (unpaired) electrons. The van der Waals surface area contributed by atoms with Crippen LogP contribution in [0.15, 0.2) is 48.7 Å². The van der Waals surface area contributed by atoms with Gasteiger partial charge in [0, 0.05) is 57.3 Å². The van der Waals surface area contributed by atoms with Crippen LogP contribution in [0.5, 0.6) is 0 Å². The lowest BCUT2D eigenvalue weighted by Gasteiger charge is -2.36. The number of rotatable bonds is 3. The van der Waals surface area contributed by atoms with Crippen molar-refractivity contribution >= 4 is 5.69 Å². The molecular formula is C16H21N3. The summed E-state index contributed by atoms with van der Waals surface area (Å²) in [5.41, 5.74) is 2.74. The first-order valence-electron chi connectivity index (χ1n) is 6.95. The first-order chi connectivity index (χ1) is 9.33. The number of aromatic nitrogens is 1. The summed E-state index contributed by atoms with van der Waals surface area (Å²) in [6.07, 6.45) is 2.12. The first kappa shape index (κ1) is 12.3. The average Bonchev–Trinajstić information content (AvgIpc) is 2.86. The van der Waals surface area contributed by atoms with Gasteiger partial charge in [0.2, 0.25) is 0 Å². The standard InChI is InChI=1S/C16H21N3/c1-17-9-5-8-16(17)14-18-10-12-19(13-11-18)15-6-3-2-4-7-15/h2-9H,10-14H2,1H3. The summed E-state index contributed by atoms with van der Waals surface area (Å²) in [6, 6.07) is 15.0. The Kier molecular flexibility index (Phi) is 3.56. The molecule has 0 atom stereocenters. The van der Waals surface area contributed by atoms with Gasteiger partial charge < -0.3 is 9.47 Å². The lowest BCUT2D eigenvalue weighted by Crippen LogP contribution is -2.46. The molecule has 0 amide bonds. The van der Waals surface area contributed by atoms with Crippen molar-refractivity contribution in [1.29, 1.82) is 0 Å². The Labute approximate surface area is 115 Å². The van der Waals surface area contributed by atoms with Crippen LogP contribution in [0.4, 0.5) is 5.69 Å². The van der Waals surface area contributed by atoms with Gasteiger partial charge >= 0.3 is 0 Å². The van der Waals surface area contributed by atoms with Gasteiger partial charge in [-0.15, -0.1) is 0 Å². The van der Waals surface area contributed by atoms with E-state index in [1.807, 2.05) is 0 Å². The van der Waals surface area contributed by atoms with Gasteiger partial charge in [0.05, 0.1) is 0 Å². The molecule has 0 bridgehead atoms. The third-order valence-electron chi connectivity index (χ3n) is 3.93. The van der Waals surface area contributed by atoms with E-state index in [1.54, 1.807) is 0 Å². The molecular weight excluding hydrogens is 234 g/mol. The third kappa shape index (κ3) is 2.82. The molecule has 0 spiro atoms. The fraction of sp³-hybridized carbons (Fsp3) is 0.375. The highest BCUT2D eigenvalue weighted by atomic mass is 15.3. The molecule has 2 aromatic rings.